The van der Waals surface area contributed by atoms with Crippen molar-refractivity contribution in [3.63, 3.8) is 0 Å². The lowest BCUT2D eigenvalue weighted by Gasteiger charge is -2.18. The molecular formula is C65H124O6. The number of allylic oxidation sites excluding steroid dienone is 2. The summed E-state index contributed by atoms with van der Waals surface area (Å²) >= 11 is 0. The first kappa shape index (κ1) is 69.2. The Bertz CT molecular complexity index is 1100. The van der Waals surface area contributed by atoms with Crippen LogP contribution in [0.2, 0.25) is 0 Å². The Kier molecular flexibility index (Phi) is 59.1. The molecule has 0 radical (unpaired) electrons. The quantitative estimate of drug-likeness (QED) is 0.0261. The molecule has 0 aromatic heterocycles. The molecule has 0 amide bonds. The van der Waals surface area contributed by atoms with Gasteiger partial charge in [0.25, 0.3) is 0 Å². The van der Waals surface area contributed by atoms with Crippen molar-refractivity contribution in [2.24, 2.45) is 0 Å². The number of hydrogen-bond acceptors (Lipinski definition) is 6. The van der Waals surface area contributed by atoms with E-state index in [-0.39, 0.29) is 31.1 Å². The third-order valence-electron chi connectivity index (χ3n) is 14.8. The summed E-state index contributed by atoms with van der Waals surface area (Å²) in [7, 11) is 0. The lowest BCUT2D eigenvalue weighted by Crippen LogP contribution is -2.30. The molecule has 6 nitrogen and oxygen atoms in total. The first-order valence-electron chi connectivity index (χ1n) is 32.2. The first-order valence-corrected chi connectivity index (χ1v) is 32.2. The van der Waals surface area contributed by atoms with E-state index in [2.05, 4.69) is 32.9 Å². The fraction of sp³-hybridized carbons (Fsp3) is 0.923. The summed E-state index contributed by atoms with van der Waals surface area (Å²) in [6, 6.07) is 0. The summed E-state index contributed by atoms with van der Waals surface area (Å²) in [6.07, 6.45) is 71.0. The molecule has 71 heavy (non-hydrogen) atoms. The van der Waals surface area contributed by atoms with Crippen molar-refractivity contribution in [3.8, 4) is 0 Å². The van der Waals surface area contributed by atoms with E-state index in [0.29, 0.717) is 19.3 Å². The van der Waals surface area contributed by atoms with E-state index in [9.17, 15) is 14.4 Å². The maximum absolute atomic E-state index is 12.9. The monoisotopic (exact) mass is 1000 g/mol. The standard InChI is InChI=1S/C65H124O6/c1-4-7-10-13-16-19-22-24-26-28-29-30-31-32-33-34-35-36-37-38-40-41-43-46-49-52-55-58-64(67)70-61-62(60-69-63(66)57-54-51-48-45-21-18-15-12-9-6-3)71-65(68)59-56-53-50-47-44-42-39-27-25-23-20-17-14-11-8-5-2/h12,15,62H,4-11,13-14,16-61H2,1-3H3/b15-12-. The topological polar surface area (TPSA) is 78.9 Å². The van der Waals surface area contributed by atoms with Crippen molar-refractivity contribution in [2.75, 3.05) is 13.2 Å². The lowest BCUT2D eigenvalue weighted by molar-refractivity contribution is -0.167. The SMILES string of the molecule is CCC/C=C\CCCCCCCC(=O)OCC(COC(=O)CCCCCCCCCCCCCCCCCCCCCCCCCCCCC)OC(=O)CCCCCCCCCCCCCCCCCC. The number of carbonyl (C=O) groups is 3. The van der Waals surface area contributed by atoms with Crippen molar-refractivity contribution in [1.29, 1.82) is 0 Å². The number of rotatable bonds is 60. The van der Waals surface area contributed by atoms with Gasteiger partial charge in [-0.2, -0.15) is 0 Å². The molecule has 0 spiro atoms. The minimum absolute atomic E-state index is 0.0664. The van der Waals surface area contributed by atoms with Gasteiger partial charge in [-0.1, -0.05) is 322 Å². The normalized spacial score (nSPS) is 12.0. The van der Waals surface area contributed by atoms with Crippen LogP contribution < -0.4 is 0 Å². The highest BCUT2D eigenvalue weighted by Crippen LogP contribution is 2.18. The van der Waals surface area contributed by atoms with Crippen LogP contribution in [0, 0.1) is 0 Å². The Hall–Kier alpha value is -1.85. The smallest absolute Gasteiger partial charge is 0.306 e. The van der Waals surface area contributed by atoms with Crippen LogP contribution in [0.1, 0.15) is 367 Å². The Balaban J connectivity index is 4.10. The van der Waals surface area contributed by atoms with Crippen molar-refractivity contribution in [3.05, 3.63) is 12.2 Å². The molecule has 0 aromatic rings. The van der Waals surface area contributed by atoms with E-state index in [1.54, 1.807) is 0 Å². The van der Waals surface area contributed by atoms with Crippen molar-refractivity contribution in [2.45, 2.75) is 374 Å². The van der Waals surface area contributed by atoms with Gasteiger partial charge in [0, 0.05) is 19.3 Å². The molecule has 0 aliphatic rings. The molecule has 0 fully saturated rings. The molecule has 0 aliphatic heterocycles. The zero-order chi connectivity index (χ0) is 51.4. The average Bonchev–Trinajstić information content (AvgIpc) is 3.37. The summed E-state index contributed by atoms with van der Waals surface area (Å²) in [5.41, 5.74) is 0. The molecule has 0 saturated carbocycles. The molecule has 0 heterocycles. The third kappa shape index (κ3) is 58.9. The average molecular weight is 1000 g/mol. The Morgan fingerprint density at radius 2 is 0.493 bits per heavy atom. The zero-order valence-corrected chi connectivity index (χ0v) is 48.3. The van der Waals surface area contributed by atoms with Crippen molar-refractivity contribution >= 4 is 17.9 Å². The maximum atomic E-state index is 12.9. The van der Waals surface area contributed by atoms with Gasteiger partial charge in [-0.05, 0) is 38.5 Å². The molecule has 0 N–H and O–H groups in total. The minimum Gasteiger partial charge on any atom is -0.462 e. The van der Waals surface area contributed by atoms with Gasteiger partial charge in [0.2, 0.25) is 0 Å². The predicted molar refractivity (Wildman–Crippen MR) is 307 cm³/mol. The van der Waals surface area contributed by atoms with Crippen LogP contribution in [0.4, 0.5) is 0 Å². The second kappa shape index (κ2) is 60.7. The molecule has 0 aliphatic carbocycles. The maximum Gasteiger partial charge on any atom is 0.306 e. The summed E-state index contributed by atoms with van der Waals surface area (Å²) in [6.45, 7) is 6.64. The van der Waals surface area contributed by atoms with Gasteiger partial charge in [0.1, 0.15) is 13.2 Å². The van der Waals surface area contributed by atoms with Crippen LogP contribution in [-0.4, -0.2) is 37.2 Å². The minimum atomic E-state index is -0.768. The Morgan fingerprint density at radius 1 is 0.268 bits per heavy atom. The lowest BCUT2D eigenvalue weighted by atomic mass is 10.0. The van der Waals surface area contributed by atoms with E-state index in [0.717, 1.165) is 70.6 Å². The van der Waals surface area contributed by atoms with Crippen molar-refractivity contribution < 1.29 is 28.6 Å². The number of unbranched alkanes of at least 4 members (excludes halogenated alkanes) is 47. The Labute approximate surface area is 443 Å². The largest absolute Gasteiger partial charge is 0.462 e. The highest BCUT2D eigenvalue weighted by atomic mass is 16.6. The molecule has 420 valence electrons. The van der Waals surface area contributed by atoms with Crippen LogP contribution >= 0.6 is 0 Å². The van der Waals surface area contributed by atoms with Gasteiger partial charge < -0.3 is 14.2 Å². The number of ether oxygens (including phenoxy) is 3. The fourth-order valence-electron chi connectivity index (χ4n) is 9.92. The molecule has 0 rings (SSSR count). The number of hydrogen-bond donors (Lipinski definition) is 0. The molecule has 0 bridgehead atoms. The van der Waals surface area contributed by atoms with E-state index in [4.69, 9.17) is 14.2 Å². The van der Waals surface area contributed by atoms with Crippen LogP contribution in [0.3, 0.4) is 0 Å². The number of carbonyl (C=O) groups excluding carboxylic acids is 3. The first-order chi connectivity index (χ1) is 35.0. The molecule has 6 heteroatoms. The molecule has 1 unspecified atom stereocenters. The van der Waals surface area contributed by atoms with Gasteiger partial charge in [-0.25, -0.2) is 0 Å². The highest BCUT2D eigenvalue weighted by Gasteiger charge is 2.19. The van der Waals surface area contributed by atoms with Crippen LogP contribution in [0.25, 0.3) is 0 Å². The van der Waals surface area contributed by atoms with Gasteiger partial charge in [-0.3, -0.25) is 14.4 Å². The highest BCUT2D eigenvalue weighted by molar-refractivity contribution is 5.71. The summed E-state index contributed by atoms with van der Waals surface area (Å²) in [4.78, 5) is 38.2. The van der Waals surface area contributed by atoms with Gasteiger partial charge in [0.05, 0.1) is 0 Å². The zero-order valence-electron chi connectivity index (χ0n) is 48.3. The summed E-state index contributed by atoms with van der Waals surface area (Å²) in [5, 5.41) is 0. The fourth-order valence-corrected chi connectivity index (χ4v) is 9.92. The summed E-state index contributed by atoms with van der Waals surface area (Å²) < 4.78 is 16.9. The number of esters is 3. The van der Waals surface area contributed by atoms with E-state index in [1.807, 2.05) is 0 Å². The van der Waals surface area contributed by atoms with Crippen LogP contribution in [-0.2, 0) is 28.6 Å². The molecule has 1 atom stereocenters. The molecule has 0 aromatic carbocycles. The van der Waals surface area contributed by atoms with Crippen LogP contribution in [0.5, 0.6) is 0 Å². The second-order valence-corrected chi connectivity index (χ2v) is 22.0. The van der Waals surface area contributed by atoms with Gasteiger partial charge in [0.15, 0.2) is 6.10 Å². The van der Waals surface area contributed by atoms with Gasteiger partial charge in [-0.15, -0.1) is 0 Å². The second-order valence-electron chi connectivity index (χ2n) is 22.0. The van der Waals surface area contributed by atoms with Gasteiger partial charge >= 0.3 is 17.9 Å². The Morgan fingerprint density at radius 3 is 0.761 bits per heavy atom. The predicted octanol–water partition coefficient (Wildman–Crippen LogP) is 21.7. The third-order valence-corrected chi connectivity index (χ3v) is 14.8. The van der Waals surface area contributed by atoms with Crippen molar-refractivity contribution in [1.82, 2.24) is 0 Å². The van der Waals surface area contributed by atoms with E-state index < -0.39 is 6.10 Å². The molecular weight excluding hydrogens is 877 g/mol. The van der Waals surface area contributed by atoms with E-state index >= 15 is 0 Å². The van der Waals surface area contributed by atoms with Crippen LogP contribution in [0.15, 0.2) is 12.2 Å². The van der Waals surface area contributed by atoms with E-state index in [1.165, 1.54) is 257 Å². The summed E-state index contributed by atoms with van der Waals surface area (Å²) in [5.74, 6) is -0.850. The molecule has 0 saturated heterocycles.